The van der Waals surface area contributed by atoms with Crippen LogP contribution in [0.2, 0.25) is 0 Å². The predicted octanol–water partition coefficient (Wildman–Crippen LogP) is 2.21. The molecular weight excluding hydrogens is 298 g/mol. The number of carbonyl (C=O) groups is 2. The largest absolute Gasteiger partial charge is 0.461 e. The van der Waals surface area contributed by atoms with Gasteiger partial charge in [0.1, 0.15) is 0 Å². The molecule has 122 valence electrons. The molecule has 1 heterocycles. The molecule has 0 aliphatic heterocycles. The molecule has 2 rings (SSSR count). The summed E-state index contributed by atoms with van der Waals surface area (Å²) in [6, 6.07) is 9.04. The Morgan fingerprint density at radius 1 is 1.30 bits per heavy atom. The summed E-state index contributed by atoms with van der Waals surface area (Å²) in [6.07, 6.45) is -0.502. The Morgan fingerprint density at radius 2 is 2.09 bits per heavy atom. The fourth-order valence-corrected chi connectivity index (χ4v) is 2.09. The quantitative estimate of drug-likeness (QED) is 0.855. The van der Waals surface area contributed by atoms with E-state index in [1.165, 1.54) is 11.8 Å². The van der Waals surface area contributed by atoms with E-state index in [-0.39, 0.29) is 0 Å². The van der Waals surface area contributed by atoms with Gasteiger partial charge in [0.25, 0.3) is 0 Å². The summed E-state index contributed by atoms with van der Waals surface area (Å²) in [5.74, 6) is -0.425. The van der Waals surface area contributed by atoms with Gasteiger partial charge in [-0.3, -0.25) is 0 Å². The lowest BCUT2D eigenvalue weighted by atomic mass is 10.2. The third-order valence-corrected chi connectivity index (χ3v) is 3.09. The van der Waals surface area contributed by atoms with Crippen LogP contribution in [-0.4, -0.2) is 35.6 Å². The second-order valence-corrected chi connectivity index (χ2v) is 4.82. The number of aryl methyl sites for hydroxylation is 1. The van der Waals surface area contributed by atoms with Crippen LogP contribution in [0.5, 0.6) is 0 Å². The van der Waals surface area contributed by atoms with Crippen molar-refractivity contribution in [3.05, 3.63) is 47.3 Å². The first-order valence-electron chi connectivity index (χ1n) is 7.20. The monoisotopic (exact) mass is 317 g/mol. The van der Waals surface area contributed by atoms with Crippen LogP contribution in [0.1, 0.15) is 28.7 Å². The summed E-state index contributed by atoms with van der Waals surface area (Å²) in [7, 11) is 1.31. The van der Waals surface area contributed by atoms with E-state index in [1.54, 1.807) is 13.0 Å². The number of alkyl carbamates (subject to hydrolysis) is 1. The van der Waals surface area contributed by atoms with Gasteiger partial charge < -0.3 is 14.8 Å². The molecule has 1 N–H and O–H groups in total. The highest BCUT2D eigenvalue weighted by molar-refractivity contribution is 5.88. The number of methoxy groups -OCH3 is 1. The molecule has 0 bridgehead atoms. The first kappa shape index (κ1) is 16.5. The summed E-state index contributed by atoms with van der Waals surface area (Å²) >= 11 is 0. The maximum atomic E-state index is 12.0. The van der Waals surface area contributed by atoms with E-state index >= 15 is 0 Å². The molecule has 0 spiro atoms. The van der Waals surface area contributed by atoms with Crippen molar-refractivity contribution in [2.24, 2.45) is 0 Å². The summed E-state index contributed by atoms with van der Waals surface area (Å²) < 4.78 is 11.1. The zero-order valence-electron chi connectivity index (χ0n) is 13.3. The molecule has 1 aromatic carbocycles. The molecule has 0 atom stereocenters. The number of nitrogens with one attached hydrogen (secondary N) is 1. The van der Waals surface area contributed by atoms with Gasteiger partial charge in [-0.05, 0) is 37.6 Å². The van der Waals surface area contributed by atoms with E-state index < -0.39 is 12.1 Å². The van der Waals surface area contributed by atoms with E-state index in [2.05, 4.69) is 15.2 Å². The van der Waals surface area contributed by atoms with Crippen molar-refractivity contribution in [1.29, 1.82) is 0 Å². The normalized spacial score (nSPS) is 10.2. The molecule has 1 amide bonds. The van der Waals surface area contributed by atoms with Gasteiger partial charge in [0.2, 0.25) is 0 Å². The standard InChI is InChI=1S/C16H19N3O4/c1-4-23-15(20)14-8-11(2)18-19(14)13-7-5-6-12(9-13)10-17-16(21)22-3/h5-9H,4,10H2,1-3H3,(H,17,21). The molecule has 7 nitrogen and oxygen atoms in total. The maximum Gasteiger partial charge on any atom is 0.407 e. The van der Waals surface area contributed by atoms with Crippen molar-refractivity contribution >= 4 is 12.1 Å². The Morgan fingerprint density at radius 3 is 2.78 bits per heavy atom. The molecule has 2 aromatic rings. The Balaban J connectivity index is 2.28. The Kier molecular flexibility index (Phi) is 5.35. The number of nitrogens with zero attached hydrogens (tertiary/aromatic N) is 2. The molecule has 0 fully saturated rings. The summed E-state index contributed by atoms with van der Waals surface area (Å²) in [6.45, 7) is 4.17. The lowest BCUT2D eigenvalue weighted by molar-refractivity contribution is 0.0515. The smallest absolute Gasteiger partial charge is 0.407 e. The van der Waals surface area contributed by atoms with Crippen molar-refractivity contribution in [3.8, 4) is 5.69 Å². The third kappa shape index (κ3) is 4.09. The van der Waals surface area contributed by atoms with Gasteiger partial charge in [-0.25, -0.2) is 14.3 Å². The fourth-order valence-electron chi connectivity index (χ4n) is 2.09. The summed E-state index contributed by atoms with van der Waals surface area (Å²) in [4.78, 5) is 23.2. The molecule has 0 saturated heterocycles. The van der Waals surface area contributed by atoms with E-state index in [0.717, 1.165) is 5.56 Å². The lowest BCUT2D eigenvalue weighted by Crippen LogP contribution is -2.22. The van der Waals surface area contributed by atoms with E-state index in [4.69, 9.17) is 4.74 Å². The molecule has 1 aromatic heterocycles. The Hall–Kier alpha value is -2.83. The second kappa shape index (κ2) is 7.44. The van der Waals surface area contributed by atoms with Crippen LogP contribution in [0.3, 0.4) is 0 Å². The SMILES string of the molecule is CCOC(=O)c1cc(C)nn1-c1cccc(CNC(=O)OC)c1. The van der Waals surface area contributed by atoms with Crippen molar-refractivity contribution in [2.45, 2.75) is 20.4 Å². The molecule has 0 unspecified atom stereocenters. The first-order chi connectivity index (χ1) is 11.0. The van der Waals surface area contributed by atoms with Crippen LogP contribution in [0, 0.1) is 6.92 Å². The molecule has 0 aliphatic carbocycles. The van der Waals surface area contributed by atoms with Gasteiger partial charge in [0.15, 0.2) is 5.69 Å². The number of rotatable bonds is 5. The van der Waals surface area contributed by atoms with Crippen LogP contribution in [0.4, 0.5) is 4.79 Å². The van der Waals surface area contributed by atoms with E-state index in [1.807, 2.05) is 31.2 Å². The van der Waals surface area contributed by atoms with Gasteiger partial charge in [-0.15, -0.1) is 0 Å². The van der Waals surface area contributed by atoms with Gasteiger partial charge in [-0.2, -0.15) is 5.10 Å². The molecule has 7 heteroatoms. The summed E-state index contributed by atoms with van der Waals surface area (Å²) in [5, 5.41) is 6.95. The van der Waals surface area contributed by atoms with Crippen molar-refractivity contribution < 1.29 is 19.1 Å². The number of carbonyl (C=O) groups excluding carboxylic acids is 2. The topological polar surface area (TPSA) is 82.5 Å². The van der Waals surface area contributed by atoms with Crippen LogP contribution in [-0.2, 0) is 16.0 Å². The highest BCUT2D eigenvalue weighted by Gasteiger charge is 2.16. The minimum Gasteiger partial charge on any atom is -0.461 e. The summed E-state index contributed by atoms with van der Waals surface area (Å²) in [5.41, 5.74) is 2.65. The number of amides is 1. The van der Waals surface area contributed by atoms with Gasteiger partial charge in [0.05, 0.1) is 25.1 Å². The molecule has 0 radical (unpaired) electrons. The van der Waals surface area contributed by atoms with Crippen molar-refractivity contribution in [2.75, 3.05) is 13.7 Å². The predicted molar refractivity (Wildman–Crippen MR) is 83.5 cm³/mol. The zero-order valence-corrected chi connectivity index (χ0v) is 13.3. The lowest BCUT2D eigenvalue weighted by Gasteiger charge is -2.09. The maximum absolute atomic E-state index is 12.0. The van der Waals surface area contributed by atoms with E-state index in [0.29, 0.717) is 30.2 Å². The Labute approximate surface area is 134 Å². The first-order valence-corrected chi connectivity index (χ1v) is 7.20. The number of hydrogen-bond donors (Lipinski definition) is 1. The van der Waals surface area contributed by atoms with E-state index in [9.17, 15) is 9.59 Å². The fraction of sp³-hybridized carbons (Fsp3) is 0.312. The number of aromatic nitrogens is 2. The molecule has 0 saturated carbocycles. The number of hydrogen-bond acceptors (Lipinski definition) is 5. The van der Waals surface area contributed by atoms with Crippen LogP contribution in [0.25, 0.3) is 5.69 Å². The Bertz CT molecular complexity index is 709. The average Bonchev–Trinajstić information content (AvgIpc) is 2.95. The average molecular weight is 317 g/mol. The van der Waals surface area contributed by atoms with Crippen LogP contribution >= 0.6 is 0 Å². The van der Waals surface area contributed by atoms with Gasteiger partial charge in [-0.1, -0.05) is 12.1 Å². The molecule has 0 aliphatic rings. The molecule has 23 heavy (non-hydrogen) atoms. The second-order valence-electron chi connectivity index (χ2n) is 4.82. The minimum absolute atomic E-state index is 0.298. The highest BCUT2D eigenvalue weighted by atomic mass is 16.5. The number of esters is 1. The van der Waals surface area contributed by atoms with Gasteiger partial charge in [0, 0.05) is 6.54 Å². The zero-order chi connectivity index (χ0) is 16.8. The third-order valence-electron chi connectivity index (χ3n) is 3.09. The number of benzene rings is 1. The molecular formula is C16H19N3O4. The van der Waals surface area contributed by atoms with Crippen molar-refractivity contribution in [3.63, 3.8) is 0 Å². The van der Waals surface area contributed by atoms with Crippen LogP contribution < -0.4 is 5.32 Å². The van der Waals surface area contributed by atoms with Crippen molar-refractivity contribution in [1.82, 2.24) is 15.1 Å². The number of ether oxygens (including phenoxy) is 2. The minimum atomic E-state index is -0.502. The van der Waals surface area contributed by atoms with Gasteiger partial charge >= 0.3 is 12.1 Å². The highest BCUT2D eigenvalue weighted by Crippen LogP contribution is 2.15. The van der Waals surface area contributed by atoms with Crippen LogP contribution in [0.15, 0.2) is 30.3 Å².